The molecule has 1 fully saturated rings. The first-order valence-electron chi connectivity index (χ1n) is 6.03. The molecule has 0 saturated heterocycles. The topological polar surface area (TPSA) is 49.3 Å². The Hall–Kier alpha value is -0.0900. The Morgan fingerprint density at radius 2 is 2.00 bits per heavy atom. The molecule has 4 heteroatoms. The molecule has 0 aromatic carbocycles. The molecule has 0 aliphatic heterocycles. The van der Waals surface area contributed by atoms with Crippen LogP contribution < -0.4 is 5.32 Å². The third-order valence-electron chi connectivity index (χ3n) is 3.47. The molecule has 0 bridgehead atoms. The van der Waals surface area contributed by atoms with E-state index in [1.807, 2.05) is 13.8 Å². The van der Waals surface area contributed by atoms with E-state index in [1.54, 1.807) is 0 Å². The maximum atomic E-state index is 11.8. The van der Waals surface area contributed by atoms with E-state index in [4.69, 9.17) is 0 Å². The lowest BCUT2D eigenvalue weighted by atomic mass is 9.87. The van der Waals surface area contributed by atoms with E-state index in [-0.39, 0.29) is 28.7 Å². The predicted molar refractivity (Wildman–Crippen MR) is 68.5 cm³/mol. The number of hydrogen-bond acceptors (Lipinski definition) is 2. The second kappa shape index (κ2) is 6.01. The fourth-order valence-corrected chi connectivity index (χ4v) is 2.35. The van der Waals surface area contributed by atoms with Crippen molar-refractivity contribution in [2.75, 3.05) is 13.2 Å². The Bertz CT molecular complexity index is 237. The van der Waals surface area contributed by atoms with Crippen LogP contribution in [-0.2, 0) is 4.79 Å². The van der Waals surface area contributed by atoms with Crippen LogP contribution in [0.2, 0.25) is 0 Å². The minimum atomic E-state index is -0.135. The van der Waals surface area contributed by atoms with Gasteiger partial charge in [0.25, 0.3) is 0 Å². The van der Waals surface area contributed by atoms with E-state index in [9.17, 15) is 9.90 Å². The van der Waals surface area contributed by atoms with Crippen LogP contribution in [-0.4, -0.2) is 29.0 Å². The number of alkyl halides is 1. The summed E-state index contributed by atoms with van der Waals surface area (Å²) in [5, 5.41) is 12.4. The highest BCUT2D eigenvalue weighted by molar-refractivity contribution is 9.10. The Morgan fingerprint density at radius 1 is 1.44 bits per heavy atom. The molecule has 94 valence electrons. The first kappa shape index (κ1) is 14.0. The van der Waals surface area contributed by atoms with Crippen molar-refractivity contribution in [2.24, 2.45) is 11.3 Å². The van der Waals surface area contributed by atoms with Crippen LogP contribution in [0.4, 0.5) is 0 Å². The fraction of sp³-hybridized carbons (Fsp3) is 0.917. The lowest BCUT2D eigenvalue weighted by molar-refractivity contribution is -0.121. The highest BCUT2D eigenvalue weighted by Gasteiger charge is 2.34. The van der Waals surface area contributed by atoms with Crippen molar-refractivity contribution in [1.82, 2.24) is 5.32 Å². The van der Waals surface area contributed by atoms with Gasteiger partial charge in [-0.15, -0.1) is 0 Å². The zero-order chi connectivity index (χ0) is 12.2. The molecule has 1 unspecified atom stereocenters. The molecule has 1 atom stereocenters. The van der Waals surface area contributed by atoms with Crippen LogP contribution >= 0.6 is 15.9 Å². The molecule has 0 aromatic heterocycles. The van der Waals surface area contributed by atoms with Crippen LogP contribution in [0, 0.1) is 11.3 Å². The molecule has 0 spiro atoms. The summed E-state index contributed by atoms with van der Waals surface area (Å²) in [6.07, 6.45) is 4.38. The van der Waals surface area contributed by atoms with Gasteiger partial charge in [0.2, 0.25) is 5.91 Å². The molecular weight excluding hydrogens is 270 g/mol. The molecule has 1 rings (SSSR count). The van der Waals surface area contributed by atoms with Crippen molar-refractivity contribution in [2.45, 2.75) is 44.4 Å². The van der Waals surface area contributed by atoms with Gasteiger partial charge in [-0.2, -0.15) is 0 Å². The zero-order valence-electron chi connectivity index (χ0n) is 10.1. The van der Waals surface area contributed by atoms with Crippen molar-refractivity contribution < 1.29 is 9.90 Å². The molecule has 2 N–H and O–H groups in total. The first-order chi connectivity index (χ1) is 7.51. The molecule has 1 aliphatic carbocycles. The van der Waals surface area contributed by atoms with Crippen LogP contribution in [0.3, 0.4) is 0 Å². The molecule has 1 amide bonds. The quantitative estimate of drug-likeness (QED) is 0.762. The molecule has 0 radical (unpaired) electrons. The smallest absolute Gasteiger partial charge is 0.234 e. The summed E-state index contributed by atoms with van der Waals surface area (Å²) >= 11 is 3.38. The van der Waals surface area contributed by atoms with Gasteiger partial charge in [-0.25, -0.2) is 0 Å². The number of rotatable bonds is 5. The van der Waals surface area contributed by atoms with Gasteiger partial charge < -0.3 is 10.4 Å². The third-order valence-corrected chi connectivity index (χ3v) is 4.95. The second-order valence-corrected chi connectivity index (χ2v) is 6.22. The number of aliphatic hydroxyl groups is 1. The summed E-state index contributed by atoms with van der Waals surface area (Å²) in [5.74, 6) is 0.323. The highest BCUT2D eigenvalue weighted by atomic mass is 79.9. The van der Waals surface area contributed by atoms with Crippen LogP contribution in [0.15, 0.2) is 0 Å². The summed E-state index contributed by atoms with van der Waals surface area (Å²) in [6, 6.07) is 0. The minimum Gasteiger partial charge on any atom is -0.396 e. The second-order valence-electron chi connectivity index (χ2n) is 5.23. The van der Waals surface area contributed by atoms with Gasteiger partial charge in [0, 0.05) is 12.0 Å². The number of amides is 1. The number of nitrogens with one attached hydrogen (secondary N) is 1. The van der Waals surface area contributed by atoms with Crippen LogP contribution in [0.25, 0.3) is 0 Å². The zero-order valence-corrected chi connectivity index (χ0v) is 11.7. The van der Waals surface area contributed by atoms with Gasteiger partial charge in [0.15, 0.2) is 0 Å². The van der Waals surface area contributed by atoms with Crippen molar-refractivity contribution in [3.63, 3.8) is 0 Å². The van der Waals surface area contributed by atoms with Gasteiger partial charge in [0.05, 0.1) is 11.4 Å². The van der Waals surface area contributed by atoms with E-state index >= 15 is 0 Å². The molecule has 1 aliphatic rings. The Kier molecular flexibility index (Phi) is 5.25. The lowest BCUT2D eigenvalue weighted by Crippen LogP contribution is -2.42. The van der Waals surface area contributed by atoms with Crippen LogP contribution in [0.1, 0.15) is 39.5 Å². The largest absolute Gasteiger partial charge is 0.396 e. The van der Waals surface area contributed by atoms with E-state index in [1.165, 1.54) is 12.8 Å². The lowest BCUT2D eigenvalue weighted by Gasteiger charge is -2.27. The van der Waals surface area contributed by atoms with Crippen molar-refractivity contribution >= 4 is 21.8 Å². The van der Waals surface area contributed by atoms with Gasteiger partial charge >= 0.3 is 0 Å². The average molecular weight is 292 g/mol. The third kappa shape index (κ3) is 3.45. The van der Waals surface area contributed by atoms with Gasteiger partial charge in [-0.05, 0) is 18.8 Å². The standard InChI is InChI=1S/C12H22BrNO2/c1-9(2)10(13)11(16)14-7-12(8-15)5-3-4-6-12/h9-10,15H,3-8H2,1-2H3,(H,14,16). The molecule has 16 heavy (non-hydrogen) atoms. The average Bonchev–Trinajstić information content (AvgIpc) is 2.74. The van der Waals surface area contributed by atoms with E-state index in [0.29, 0.717) is 6.54 Å². The van der Waals surface area contributed by atoms with Crippen molar-refractivity contribution in [3.8, 4) is 0 Å². The molecule has 1 saturated carbocycles. The van der Waals surface area contributed by atoms with E-state index in [2.05, 4.69) is 21.2 Å². The van der Waals surface area contributed by atoms with Crippen LogP contribution in [0.5, 0.6) is 0 Å². The Balaban J connectivity index is 2.41. The maximum Gasteiger partial charge on any atom is 0.234 e. The highest BCUT2D eigenvalue weighted by Crippen LogP contribution is 2.36. The summed E-state index contributed by atoms with van der Waals surface area (Å²) < 4.78 is 0. The number of aliphatic hydroxyl groups excluding tert-OH is 1. The summed E-state index contributed by atoms with van der Waals surface area (Å²) in [5.41, 5.74) is -0.0562. The van der Waals surface area contributed by atoms with Gasteiger partial charge in [0.1, 0.15) is 0 Å². The molecule has 0 aromatic rings. The summed E-state index contributed by atoms with van der Waals surface area (Å²) in [4.78, 5) is 11.6. The number of carbonyl (C=O) groups excluding carboxylic acids is 1. The molecule has 0 heterocycles. The fourth-order valence-electron chi connectivity index (χ4n) is 2.19. The monoisotopic (exact) mass is 291 g/mol. The van der Waals surface area contributed by atoms with Gasteiger partial charge in [-0.1, -0.05) is 42.6 Å². The van der Waals surface area contributed by atoms with Crippen molar-refractivity contribution in [3.05, 3.63) is 0 Å². The predicted octanol–water partition coefficient (Wildman–Crippen LogP) is 2.07. The normalized spacial score (nSPS) is 21.1. The Labute approximate surface area is 106 Å². The molecular formula is C12H22BrNO2. The maximum absolute atomic E-state index is 11.8. The molecule has 3 nitrogen and oxygen atoms in total. The summed E-state index contributed by atoms with van der Waals surface area (Å²) in [7, 11) is 0. The van der Waals surface area contributed by atoms with E-state index in [0.717, 1.165) is 12.8 Å². The number of carbonyl (C=O) groups is 1. The SMILES string of the molecule is CC(C)C(Br)C(=O)NCC1(CO)CCCC1. The Morgan fingerprint density at radius 3 is 2.44 bits per heavy atom. The first-order valence-corrected chi connectivity index (χ1v) is 6.95. The minimum absolute atomic E-state index is 0.0368. The number of halogens is 1. The van der Waals surface area contributed by atoms with Gasteiger partial charge in [-0.3, -0.25) is 4.79 Å². The number of hydrogen-bond donors (Lipinski definition) is 2. The van der Waals surface area contributed by atoms with E-state index < -0.39 is 0 Å². The van der Waals surface area contributed by atoms with Crippen molar-refractivity contribution in [1.29, 1.82) is 0 Å². The summed E-state index contributed by atoms with van der Waals surface area (Å²) in [6.45, 7) is 4.81.